The lowest BCUT2D eigenvalue weighted by atomic mass is 9.49. The third-order valence-corrected chi connectivity index (χ3v) is 8.61. The molecule has 2 heterocycles. The molecule has 7 rings (SSSR count). The van der Waals surface area contributed by atoms with Crippen molar-refractivity contribution in [2.75, 3.05) is 11.9 Å². The number of rotatable bonds is 4. The minimum Gasteiger partial charge on any atom is -0.310 e. The van der Waals surface area contributed by atoms with E-state index in [2.05, 4.69) is 15.3 Å². The zero-order valence-corrected chi connectivity index (χ0v) is 19.4. The Kier molecular flexibility index (Phi) is 5.39. The van der Waals surface area contributed by atoms with Gasteiger partial charge < -0.3 is 5.32 Å². The van der Waals surface area contributed by atoms with Gasteiger partial charge in [0.25, 0.3) is 0 Å². The smallest absolute Gasteiger partial charge is 0.310 e. The van der Waals surface area contributed by atoms with Gasteiger partial charge in [0.15, 0.2) is 0 Å². The highest BCUT2D eigenvalue weighted by molar-refractivity contribution is 5.95. The van der Waals surface area contributed by atoms with Gasteiger partial charge in [-0.3, -0.25) is 9.69 Å². The number of halogens is 4. The van der Waals surface area contributed by atoms with Gasteiger partial charge in [-0.15, -0.1) is 0 Å². The zero-order chi connectivity index (χ0) is 24.4. The van der Waals surface area contributed by atoms with Crippen molar-refractivity contribution in [2.24, 2.45) is 23.2 Å². The van der Waals surface area contributed by atoms with E-state index in [-0.39, 0.29) is 23.4 Å². The molecule has 4 fully saturated rings. The highest BCUT2D eigenvalue weighted by Crippen LogP contribution is 2.60. The van der Waals surface area contributed by atoms with Crippen LogP contribution in [-0.4, -0.2) is 27.3 Å². The second-order valence-electron chi connectivity index (χ2n) is 11.1. The first-order valence-electron chi connectivity index (χ1n) is 12.4. The second kappa shape index (κ2) is 8.25. The average molecular weight is 489 g/mol. The predicted molar refractivity (Wildman–Crippen MR) is 120 cm³/mol. The minimum atomic E-state index is -4.57. The molecule has 0 saturated heterocycles. The van der Waals surface area contributed by atoms with Crippen molar-refractivity contribution in [2.45, 2.75) is 64.2 Å². The molecule has 1 aliphatic heterocycles. The fraction of sp³-hybridized carbons (Fsp3) is 0.577. The van der Waals surface area contributed by atoms with Gasteiger partial charge in [-0.25, -0.2) is 14.4 Å². The summed E-state index contributed by atoms with van der Waals surface area (Å²) in [6.45, 7) is 1.17. The molecule has 5 nitrogen and oxygen atoms in total. The number of benzene rings is 1. The fourth-order valence-electron chi connectivity index (χ4n) is 7.37. The summed E-state index contributed by atoms with van der Waals surface area (Å²) in [5.74, 6) is 1.81. The number of nitrogens with zero attached hydrogens (tertiary/aromatic N) is 3. The maximum Gasteiger partial charge on any atom is 0.416 e. The summed E-state index contributed by atoms with van der Waals surface area (Å²) in [7, 11) is 0. The molecule has 1 amide bonds. The summed E-state index contributed by atoms with van der Waals surface area (Å²) in [6, 6.07) is 2.66. The van der Waals surface area contributed by atoms with E-state index in [1.165, 1.54) is 31.7 Å². The number of hydrogen-bond acceptors (Lipinski definition) is 4. The molecular formula is C26H28F4N4O. The first-order chi connectivity index (χ1) is 16.7. The van der Waals surface area contributed by atoms with E-state index >= 15 is 0 Å². The molecule has 4 saturated carbocycles. The van der Waals surface area contributed by atoms with E-state index in [9.17, 15) is 22.4 Å². The average Bonchev–Trinajstić information content (AvgIpc) is 2.79. The number of aromatic nitrogens is 2. The van der Waals surface area contributed by atoms with Crippen LogP contribution in [0.25, 0.3) is 0 Å². The van der Waals surface area contributed by atoms with E-state index in [0.717, 1.165) is 36.6 Å². The lowest BCUT2D eigenvalue weighted by Crippen LogP contribution is -2.52. The Hall–Kier alpha value is -2.55. The topological polar surface area (TPSA) is 58.1 Å². The van der Waals surface area contributed by atoms with Gasteiger partial charge >= 0.3 is 6.18 Å². The second-order valence-corrected chi connectivity index (χ2v) is 11.1. The van der Waals surface area contributed by atoms with Crippen molar-refractivity contribution in [1.82, 2.24) is 14.9 Å². The van der Waals surface area contributed by atoms with Crippen LogP contribution in [-0.2, 0) is 30.5 Å². The molecule has 2 aromatic rings. The molecular weight excluding hydrogens is 460 g/mol. The fourth-order valence-corrected chi connectivity index (χ4v) is 7.37. The molecule has 5 aliphatic rings. The Labute approximate surface area is 201 Å². The number of carbonyl (C=O) groups is 1. The van der Waals surface area contributed by atoms with Gasteiger partial charge in [-0.2, -0.15) is 13.2 Å². The third-order valence-electron chi connectivity index (χ3n) is 8.61. The van der Waals surface area contributed by atoms with Gasteiger partial charge in [0, 0.05) is 30.8 Å². The molecule has 1 aromatic heterocycles. The standard InChI is InChI=1S/C26H28F4N4O/c27-21-8-19(26(28,29)30)2-1-18(21)12-34-4-3-20-22(13-34)31-14-32-23(20)33-24(35)25-9-15-5-16(10-25)7-17(6-15)11-25/h1-2,8,14-17H,3-7,9-13H2,(H,31,32,33,35). The Bertz CT molecular complexity index is 1130. The molecule has 0 unspecified atom stereocenters. The number of hydrogen-bond donors (Lipinski definition) is 1. The number of alkyl halides is 3. The molecule has 4 aliphatic carbocycles. The Morgan fingerprint density at radius 2 is 1.77 bits per heavy atom. The normalized spacial score (nSPS) is 29.8. The maximum atomic E-state index is 14.3. The molecule has 4 bridgehead atoms. The number of nitrogens with one attached hydrogen (secondary N) is 1. The number of fused-ring (bicyclic) bond motifs is 1. The van der Waals surface area contributed by atoms with E-state index in [1.807, 2.05) is 4.90 Å². The number of amides is 1. The highest BCUT2D eigenvalue weighted by atomic mass is 19.4. The van der Waals surface area contributed by atoms with Crippen molar-refractivity contribution < 1.29 is 22.4 Å². The van der Waals surface area contributed by atoms with Crippen molar-refractivity contribution in [3.8, 4) is 0 Å². The maximum absolute atomic E-state index is 14.3. The lowest BCUT2D eigenvalue weighted by molar-refractivity contribution is -0.140. The quantitative estimate of drug-likeness (QED) is 0.590. The van der Waals surface area contributed by atoms with Crippen LogP contribution in [0.4, 0.5) is 23.4 Å². The van der Waals surface area contributed by atoms with Crippen molar-refractivity contribution in [1.29, 1.82) is 0 Å². The molecule has 0 spiro atoms. The highest BCUT2D eigenvalue weighted by Gasteiger charge is 2.54. The summed E-state index contributed by atoms with van der Waals surface area (Å²) in [5.41, 5.74) is 0.614. The first kappa shape index (κ1) is 22.9. The van der Waals surface area contributed by atoms with Crippen LogP contribution in [0.2, 0.25) is 0 Å². The molecule has 35 heavy (non-hydrogen) atoms. The van der Waals surface area contributed by atoms with Crippen LogP contribution in [0.3, 0.4) is 0 Å². The largest absolute Gasteiger partial charge is 0.416 e. The first-order valence-corrected chi connectivity index (χ1v) is 12.4. The SMILES string of the molecule is O=C(Nc1ncnc2c1CCN(Cc1ccc(C(F)(F)F)cc1F)C2)C12CC3CC(CC(C3)C1)C2. The van der Waals surface area contributed by atoms with Crippen molar-refractivity contribution in [3.05, 3.63) is 52.7 Å². The van der Waals surface area contributed by atoms with E-state index in [0.29, 0.717) is 49.1 Å². The van der Waals surface area contributed by atoms with Gasteiger partial charge in [0.2, 0.25) is 5.91 Å². The summed E-state index contributed by atoms with van der Waals surface area (Å²) in [6.07, 6.45) is 4.18. The van der Waals surface area contributed by atoms with Gasteiger partial charge in [0.05, 0.1) is 16.7 Å². The Morgan fingerprint density at radius 1 is 1.09 bits per heavy atom. The Morgan fingerprint density at radius 3 is 2.40 bits per heavy atom. The summed E-state index contributed by atoms with van der Waals surface area (Å²) in [4.78, 5) is 24.2. The van der Waals surface area contributed by atoms with E-state index < -0.39 is 17.6 Å². The number of carbonyl (C=O) groups excluding carboxylic acids is 1. The molecule has 186 valence electrons. The van der Waals surface area contributed by atoms with Gasteiger partial charge in [0.1, 0.15) is 18.0 Å². The minimum absolute atomic E-state index is 0.0896. The van der Waals surface area contributed by atoms with E-state index in [4.69, 9.17) is 0 Å². The monoisotopic (exact) mass is 488 g/mol. The summed E-state index contributed by atoms with van der Waals surface area (Å²) in [5, 5.41) is 3.15. The summed E-state index contributed by atoms with van der Waals surface area (Å²) < 4.78 is 52.9. The Balaban J connectivity index is 1.16. The van der Waals surface area contributed by atoms with Crippen LogP contribution in [0.5, 0.6) is 0 Å². The van der Waals surface area contributed by atoms with Crippen LogP contribution in [0, 0.1) is 29.0 Å². The van der Waals surface area contributed by atoms with Crippen molar-refractivity contribution >= 4 is 11.7 Å². The molecule has 0 atom stereocenters. The molecule has 9 heteroatoms. The van der Waals surface area contributed by atoms with E-state index in [1.54, 1.807) is 0 Å². The van der Waals surface area contributed by atoms with Crippen LogP contribution in [0.15, 0.2) is 24.5 Å². The van der Waals surface area contributed by atoms with Gasteiger partial charge in [-0.05, 0) is 74.8 Å². The molecule has 1 aromatic carbocycles. The molecule has 0 radical (unpaired) electrons. The third kappa shape index (κ3) is 4.21. The van der Waals surface area contributed by atoms with Crippen LogP contribution < -0.4 is 5.32 Å². The summed E-state index contributed by atoms with van der Waals surface area (Å²) >= 11 is 0. The molecule has 1 N–H and O–H groups in total. The zero-order valence-electron chi connectivity index (χ0n) is 19.4. The van der Waals surface area contributed by atoms with Gasteiger partial charge in [-0.1, -0.05) is 6.07 Å². The lowest BCUT2D eigenvalue weighted by Gasteiger charge is -2.55. The van der Waals surface area contributed by atoms with Crippen molar-refractivity contribution in [3.63, 3.8) is 0 Å². The van der Waals surface area contributed by atoms with Crippen LogP contribution in [0.1, 0.15) is 60.9 Å². The predicted octanol–water partition coefficient (Wildman–Crippen LogP) is 5.35. The van der Waals surface area contributed by atoms with Crippen LogP contribution >= 0.6 is 0 Å². The number of anilines is 1.